The lowest BCUT2D eigenvalue weighted by Gasteiger charge is -2.28. The molecule has 2 amide bonds. The van der Waals surface area contributed by atoms with E-state index in [1.807, 2.05) is 18.4 Å². The van der Waals surface area contributed by atoms with Crippen molar-refractivity contribution >= 4 is 17.4 Å². The molecule has 1 aliphatic rings. The first-order valence-corrected chi connectivity index (χ1v) is 7.80. The number of nitrogens with one attached hydrogen (secondary N) is 2. The van der Waals surface area contributed by atoms with Gasteiger partial charge in [-0.05, 0) is 31.2 Å². The van der Waals surface area contributed by atoms with Crippen LogP contribution in [0.15, 0.2) is 17.5 Å². The van der Waals surface area contributed by atoms with Crippen molar-refractivity contribution in [1.29, 1.82) is 0 Å². The number of hydrogen-bond donors (Lipinski definition) is 3. The predicted molar refractivity (Wildman–Crippen MR) is 77.4 cm³/mol. The SMILES string of the molecule is CC(Cc1cccs1)NC(=O)NC1CCCCC1O. The second-order valence-electron chi connectivity index (χ2n) is 5.26. The fourth-order valence-corrected chi connectivity index (χ4v) is 3.33. The average Bonchev–Trinajstić information content (AvgIpc) is 2.84. The number of aliphatic hydroxyl groups is 1. The number of thiophene rings is 1. The van der Waals surface area contributed by atoms with Gasteiger partial charge in [-0.2, -0.15) is 0 Å². The Labute approximate surface area is 118 Å². The zero-order valence-corrected chi connectivity index (χ0v) is 12.1. The highest BCUT2D eigenvalue weighted by atomic mass is 32.1. The van der Waals surface area contributed by atoms with Crippen molar-refractivity contribution in [2.75, 3.05) is 0 Å². The van der Waals surface area contributed by atoms with Crippen LogP contribution in [0.3, 0.4) is 0 Å². The molecule has 3 unspecified atom stereocenters. The van der Waals surface area contributed by atoms with Crippen LogP contribution in [0.2, 0.25) is 0 Å². The minimum atomic E-state index is -0.396. The van der Waals surface area contributed by atoms with E-state index in [1.54, 1.807) is 11.3 Å². The zero-order chi connectivity index (χ0) is 13.7. The van der Waals surface area contributed by atoms with Gasteiger partial charge in [-0.3, -0.25) is 0 Å². The van der Waals surface area contributed by atoms with E-state index in [4.69, 9.17) is 0 Å². The Kier molecular flexibility index (Phi) is 5.22. The topological polar surface area (TPSA) is 61.4 Å². The summed E-state index contributed by atoms with van der Waals surface area (Å²) in [5.41, 5.74) is 0. The molecule has 1 heterocycles. The minimum Gasteiger partial charge on any atom is -0.391 e. The lowest BCUT2D eigenvalue weighted by Crippen LogP contribution is -2.51. The number of aliphatic hydroxyl groups excluding tert-OH is 1. The summed E-state index contributed by atoms with van der Waals surface area (Å²) >= 11 is 1.70. The van der Waals surface area contributed by atoms with Crippen LogP contribution < -0.4 is 10.6 Å². The molecule has 19 heavy (non-hydrogen) atoms. The molecule has 0 aliphatic heterocycles. The van der Waals surface area contributed by atoms with Crippen molar-refractivity contribution in [3.63, 3.8) is 0 Å². The van der Waals surface area contributed by atoms with Gasteiger partial charge >= 0.3 is 6.03 Å². The molecule has 1 aliphatic carbocycles. The molecule has 0 radical (unpaired) electrons. The molecular formula is C14H22N2O2S. The maximum atomic E-state index is 11.9. The van der Waals surface area contributed by atoms with Gasteiger partial charge in [0.25, 0.3) is 0 Å². The number of hydrogen-bond acceptors (Lipinski definition) is 3. The molecular weight excluding hydrogens is 260 g/mol. The Morgan fingerprint density at radius 3 is 3.00 bits per heavy atom. The second-order valence-corrected chi connectivity index (χ2v) is 6.29. The van der Waals surface area contributed by atoms with Gasteiger partial charge in [0.1, 0.15) is 0 Å². The molecule has 1 aromatic rings. The molecule has 3 N–H and O–H groups in total. The van der Waals surface area contributed by atoms with Crippen molar-refractivity contribution in [2.45, 2.75) is 57.2 Å². The van der Waals surface area contributed by atoms with Crippen molar-refractivity contribution in [3.8, 4) is 0 Å². The van der Waals surface area contributed by atoms with Crippen molar-refractivity contribution in [1.82, 2.24) is 10.6 Å². The minimum absolute atomic E-state index is 0.0947. The molecule has 0 spiro atoms. The van der Waals surface area contributed by atoms with Gasteiger partial charge in [0.05, 0.1) is 12.1 Å². The van der Waals surface area contributed by atoms with Crippen molar-refractivity contribution in [2.24, 2.45) is 0 Å². The molecule has 1 saturated carbocycles. The Morgan fingerprint density at radius 1 is 1.53 bits per heavy atom. The quantitative estimate of drug-likeness (QED) is 0.793. The number of urea groups is 1. The lowest BCUT2D eigenvalue weighted by atomic mass is 9.93. The highest BCUT2D eigenvalue weighted by Gasteiger charge is 2.24. The smallest absolute Gasteiger partial charge is 0.315 e. The molecule has 1 fully saturated rings. The molecule has 5 heteroatoms. The van der Waals surface area contributed by atoms with Gasteiger partial charge in [-0.15, -0.1) is 11.3 Å². The van der Waals surface area contributed by atoms with Crippen LogP contribution in [0.5, 0.6) is 0 Å². The summed E-state index contributed by atoms with van der Waals surface area (Å²) in [5, 5.41) is 17.7. The normalized spacial score (nSPS) is 24.7. The van der Waals surface area contributed by atoms with E-state index in [0.29, 0.717) is 0 Å². The number of amides is 2. The summed E-state index contributed by atoms with van der Waals surface area (Å²) in [4.78, 5) is 13.1. The Bertz CT molecular complexity index is 394. The maximum Gasteiger partial charge on any atom is 0.315 e. The van der Waals surface area contributed by atoms with Crippen molar-refractivity contribution < 1.29 is 9.90 Å². The van der Waals surface area contributed by atoms with Gasteiger partial charge in [0.15, 0.2) is 0 Å². The Balaban J connectivity index is 1.74. The van der Waals surface area contributed by atoms with Gasteiger partial charge in [-0.25, -0.2) is 4.79 Å². The molecule has 4 nitrogen and oxygen atoms in total. The third-order valence-electron chi connectivity index (χ3n) is 3.51. The maximum absolute atomic E-state index is 11.9. The highest BCUT2D eigenvalue weighted by Crippen LogP contribution is 2.18. The molecule has 0 saturated heterocycles. The second kappa shape index (κ2) is 6.91. The van der Waals surface area contributed by atoms with E-state index in [1.165, 1.54) is 4.88 Å². The van der Waals surface area contributed by atoms with E-state index >= 15 is 0 Å². The van der Waals surface area contributed by atoms with E-state index < -0.39 is 6.10 Å². The molecule has 3 atom stereocenters. The molecule has 0 aromatic carbocycles. The van der Waals surface area contributed by atoms with E-state index in [-0.39, 0.29) is 18.1 Å². The molecule has 1 aromatic heterocycles. The third-order valence-corrected chi connectivity index (χ3v) is 4.41. The number of carbonyl (C=O) groups excluding carboxylic acids is 1. The zero-order valence-electron chi connectivity index (χ0n) is 11.3. The lowest BCUT2D eigenvalue weighted by molar-refractivity contribution is 0.0941. The monoisotopic (exact) mass is 282 g/mol. The third kappa shape index (κ3) is 4.51. The van der Waals surface area contributed by atoms with Gasteiger partial charge in [0.2, 0.25) is 0 Å². The van der Waals surface area contributed by atoms with Crippen LogP contribution >= 0.6 is 11.3 Å². The van der Waals surface area contributed by atoms with Gasteiger partial charge < -0.3 is 15.7 Å². The fourth-order valence-electron chi connectivity index (χ4n) is 2.50. The summed E-state index contributed by atoms with van der Waals surface area (Å²) in [6.45, 7) is 2.00. The first kappa shape index (κ1) is 14.3. The summed E-state index contributed by atoms with van der Waals surface area (Å²) in [6.07, 6.45) is 4.23. The standard InChI is InChI=1S/C14H22N2O2S/c1-10(9-11-5-4-8-19-11)15-14(18)16-12-6-2-3-7-13(12)17/h4-5,8,10,12-13,17H,2-3,6-7,9H2,1H3,(H2,15,16,18). The number of carbonyl (C=O) groups is 1. The first-order valence-electron chi connectivity index (χ1n) is 6.92. The van der Waals surface area contributed by atoms with Crippen LogP contribution in [0.25, 0.3) is 0 Å². The van der Waals surface area contributed by atoms with Crippen LogP contribution in [0, 0.1) is 0 Å². The van der Waals surface area contributed by atoms with E-state index in [0.717, 1.165) is 32.1 Å². The van der Waals surface area contributed by atoms with Gasteiger partial charge in [0, 0.05) is 17.3 Å². The van der Waals surface area contributed by atoms with Crippen LogP contribution in [0.4, 0.5) is 4.79 Å². The largest absolute Gasteiger partial charge is 0.391 e. The van der Waals surface area contributed by atoms with Crippen LogP contribution in [0.1, 0.15) is 37.5 Å². The van der Waals surface area contributed by atoms with Crippen LogP contribution in [-0.4, -0.2) is 29.3 Å². The first-order chi connectivity index (χ1) is 9.15. The average molecular weight is 282 g/mol. The molecule has 0 bridgehead atoms. The van der Waals surface area contributed by atoms with E-state index in [9.17, 15) is 9.90 Å². The highest BCUT2D eigenvalue weighted by molar-refractivity contribution is 7.09. The molecule has 106 valence electrons. The predicted octanol–water partition coefficient (Wildman–Crippen LogP) is 2.28. The molecule has 2 rings (SSSR count). The summed E-state index contributed by atoms with van der Waals surface area (Å²) in [7, 11) is 0. The van der Waals surface area contributed by atoms with Crippen molar-refractivity contribution in [3.05, 3.63) is 22.4 Å². The summed E-state index contributed by atoms with van der Waals surface area (Å²) < 4.78 is 0. The summed E-state index contributed by atoms with van der Waals surface area (Å²) in [5.74, 6) is 0. The van der Waals surface area contributed by atoms with Crippen LogP contribution in [-0.2, 0) is 6.42 Å². The Hall–Kier alpha value is -1.07. The van der Waals surface area contributed by atoms with E-state index in [2.05, 4.69) is 16.7 Å². The fraction of sp³-hybridized carbons (Fsp3) is 0.643. The summed E-state index contributed by atoms with van der Waals surface area (Å²) in [6, 6.07) is 3.92. The van der Waals surface area contributed by atoms with Gasteiger partial charge in [-0.1, -0.05) is 18.9 Å². The number of rotatable bonds is 4. The Morgan fingerprint density at radius 2 is 2.32 bits per heavy atom.